The number of ether oxygens (including phenoxy) is 2. The zero-order valence-corrected chi connectivity index (χ0v) is 15.5. The molecule has 0 amide bonds. The topological polar surface area (TPSA) is 85.6 Å². The Morgan fingerprint density at radius 1 is 1.23 bits per heavy atom. The first-order chi connectivity index (χ1) is 12.8. The third kappa shape index (κ3) is 7.20. The Kier molecular flexibility index (Phi) is 9.17. The molecule has 2 aromatic heterocycles. The first-order valence-electron chi connectivity index (χ1n) is 8.85. The monoisotopic (exact) mass is 360 g/mol. The summed E-state index contributed by atoms with van der Waals surface area (Å²) >= 11 is 0. The maximum absolute atomic E-state index is 5.45. The van der Waals surface area contributed by atoms with E-state index in [4.69, 9.17) is 9.47 Å². The SMILES string of the molecule is CCNC(=NCc1ccnc(-n2ccnc2)c1)NCCCOCCOC. The number of hydrogen-bond donors (Lipinski definition) is 2. The van der Waals surface area contributed by atoms with Crippen molar-refractivity contribution in [1.82, 2.24) is 25.2 Å². The number of aliphatic imine (C=N–C) groups is 1. The average molecular weight is 360 g/mol. The van der Waals surface area contributed by atoms with E-state index >= 15 is 0 Å². The van der Waals surface area contributed by atoms with Crippen molar-refractivity contribution in [3.8, 4) is 5.82 Å². The number of aromatic nitrogens is 3. The third-order valence-electron chi connectivity index (χ3n) is 3.53. The molecule has 0 spiro atoms. The summed E-state index contributed by atoms with van der Waals surface area (Å²) < 4.78 is 12.3. The molecule has 0 unspecified atom stereocenters. The van der Waals surface area contributed by atoms with Crippen LogP contribution in [0.15, 0.2) is 42.0 Å². The van der Waals surface area contributed by atoms with Crippen LogP contribution in [0.5, 0.6) is 0 Å². The molecule has 0 aliphatic carbocycles. The van der Waals surface area contributed by atoms with Crippen molar-refractivity contribution in [2.45, 2.75) is 19.9 Å². The predicted molar refractivity (Wildman–Crippen MR) is 101 cm³/mol. The van der Waals surface area contributed by atoms with Gasteiger partial charge < -0.3 is 20.1 Å². The van der Waals surface area contributed by atoms with E-state index in [1.165, 1.54) is 0 Å². The van der Waals surface area contributed by atoms with E-state index in [0.29, 0.717) is 26.4 Å². The second-order valence-electron chi connectivity index (χ2n) is 5.57. The smallest absolute Gasteiger partial charge is 0.191 e. The number of hydrogen-bond acceptors (Lipinski definition) is 5. The van der Waals surface area contributed by atoms with E-state index in [1.807, 2.05) is 22.9 Å². The number of imidazole rings is 1. The van der Waals surface area contributed by atoms with Crippen LogP contribution in [0.2, 0.25) is 0 Å². The molecular weight excluding hydrogens is 332 g/mol. The van der Waals surface area contributed by atoms with E-state index in [2.05, 4.69) is 32.5 Å². The molecule has 142 valence electrons. The van der Waals surface area contributed by atoms with E-state index < -0.39 is 0 Å². The van der Waals surface area contributed by atoms with Crippen LogP contribution < -0.4 is 10.6 Å². The highest BCUT2D eigenvalue weighted by Crippen LogP contribution is 2.07. The standard InChI is InChI=1S/C18H28N6O2/c1-3-20-18(22-6-4-10-26-12-11-25-2)23-14-16-5-7-21-17(13-16)24-9-8-19-15-24/h5,7-9,13,15H,3-4,6,10-12,14H2,1-2H3,(H2,20,22,23). The lowest BCUT2D eigenvalue weighted by Crippen LogP contribution is -2.38. The summed E-state index contributed by atoms with van der Waals surface area (Å²) in [6.45, 7) is 6.20. The van der Waals surface area contributed by atoms with E-state index in [9.17, 15) is 0 Å². The molecule has 2 aromatic rings. The van der Waals surface area contributed by atoms with Gasteiger partial charge in [0.25, 0.3) is 0 Å². The number of nitrogens with one attached hydrogen (secondary N) is 2. The van der Waals surface area contributed by atoms with Gasteiger partial charge in [-0.05, 0) is 31.0 Å². The second kappa shape index (κ2) is 12.0. The number of rotatable bonds is 11. The van der Waals surface area contributed by atoms with Crippen molar-refractivity contribution in [2.75, 3.05) is 40.0 Å². The lowest BCUT2D eigenvalue weighted by Gasteiger charge is -2.11. The van der Waals surface area contributed by atoms with Gasteiger partial charge in [0, 0.05) is 45.4 Å². The van der Waals surface area contributed by atoms with Gasteiger partial charge in [0.2, 0.25) is 0 Å². The van der Waals surface area contributed by atoms with Crippen molar-refractivity contribution in [3.05, 3.63) is 42.6 Å². The zero-order valence-electron chi connectivity index (χ0n) is 15.5. The van der Waals surface area contributed by atoms with Gasteiger partial charge in [-0.3, -0.25) is 4.57 Å². The molecule has 0 aliphatic rings. The molecule has 0 radical (unpaired) electrons. The number of methoxy groups -OCH3 is 1. The Labute approximate surface area is 154 Å². The summed E-state index contributed by atoms with van der Waals surface area (Å²) in [5, 5.41) is 6.57. The third-order valence-corrected chi connectivity index (χ3v) is 3.53. The Morgan fingerprint density at radius 2 is 2.15 bits per heavy atom. The zero-order chi connectivity index (χ0) is 18.5. The fourth-order valence-electron chi connectivity index (χ4n) is 2.23. The average Bonchev–Trinajstić information content (AvgIpc) is 3.20. The van der Waals surface area contributed by atoms with Crippen molar-refractivity contribution in [3.63, 3.8) is 0 Å². The first-order valence-corrected chi connectivity index (χ1v) is 8.85. The highest BCUT2D eigenvalue weighted by molar-refractivity contribution is 5.79. The summed E-state index contributed by atoms with van der Waals surface area (Å²) in [7, 11) is 1.67. The van der Waals surface area contributed by atoms with Gasteiger partial charge in [-0.25, -0.2) is 15.0 Å². The number of guanidine groups is 1. The fourth-order valence-corrected chi connectivity index (χ4v) is 2.23. The summed E-state index contributed by atoms with van der Waals surface area (Å²) in [6, 6.07) is 3.98. The molecule has 0 atom stereocenters. The van der Waals surface area contributed by atoms with Crippen LogP contribution in [0.3, 0.4) is 0 Å². The summed E-state index contributed by atoms with van der Waals surface area (Å²) in [5.74, 6) is 1.63. The summed E-state index contributed by atoms with van der Waals surface area (Å²) in [4.78, 5) is 13.0. The van der Waals surface area contributed by atoms with Crippen LogP contribution >= 0.6 is 0 Å². The first kappa shape index (κ1) is 19.9. The Morgan fingerprint density at radius 3 is 2.92 bits per heavy atom. The van der Waals surface area contributed by atoms with Crippen molar-refractivity contribution in [1.29, 1.82) is 0 Å². The van der Waals surface area contributed by atoms with Crippen LogP contribution in [0, 0.1) is 0 Å². The fraction of sp³-hybridized carbons (Fsp3) is 0.500. The molecule has 0 aliphatic heterocycles. The molecule has 2 heterocycles. The highest BCUT2D eigenvalue weighted by atomic mass is 16.5. The maximum atomic E-state index is 5.45. The quantitative estimate of drug-likeness (QED) is 0.358. The van der Waals surface area contributed by atoms with Gasteiger partial charge in [-0.15, -0.1) is 0 Å². The summed E-state index contributed by atoms with van der Waals surface area (Å²) in [5.41, 5.74) is 1.09. The Balaban J connectivity index is 1.81. The lowest BCUT2D eigenvalue weighted by atomic mass is 10.2. The van der Waals surface area contributed by atoms with Crippen LogP contribution in [0.25, 0.3) is 5.82 Å². The molecule has 8 heteroatoms. The molecule has 0 fully saturated rings. The van der Waals surface area contributed by atoms with Crippen LogP contribution in [0.1, 0.15) is 18.9 Å². The molecule has 2 rings (SSSR count). The largest absolute Gasteiger partial charge is 0.382 e. The molecule has 0 aromatic carbocycles. The van der Waals surface area contributed by atoms with Gasteiger partial charge in [-0.2, -0.15) is 0 Å². The molecule has 0 saturated heterocycles. The number of pyridine rings is 1. The lowest BCUT2D eigenvalue weighted by molar-refractivity contribution is 0.0698. The maximum Gasteiger partial charge on any atom is 0.191 e. The van der Waals surface area contributed by atoms with Gasteiger partial charge >= 0.3 is 0 Å². The molecule has 2 N–H and O–H groups in total. The molecule has 0 saturated carbocycles. The second-order valence-corrected chi connectivity index (χ2v) is 5.57. The van der Waals surface area contributed by atoms with Gasteiger partial charge in [-0.1, -0.05) is 0 Å². The van der Waals surface area contributed by atoms with Gasteiger partial charge in [0.1, 0.15) is 12.1 Å². The van der Waals surface area contributed by atoms with E-state index in [-0.39, 0.29) is 0 Å². The molecule has 8 nitrogen and oxygen atoms in total. The van der Waals surface area contributed by atoms with Crippen LogP contribution in [-0.4, -0.2) is 60.5 Å². The molecule has 0 bridgehead atoms. The van der Waals surface area contributed by atoms with E-state index in [1.54, 1.807) is 25.8 Å². The van der Waals surface area contributed by atoms with E-state index in [0.717, 1.165) is 36.9 Å². The van der Waals surface area contributed by atoms with Crippen molar-refractivity contribution in [2.24, 2.45) is 4.99 Å². The molecular formula is C18H28N6O2. The van der Waals surface area contributed by atoms with Crippen molar-refractivity contribution >= 4 is 5.96 Å². The minimum Gasteiger partial charge on any atom is -0.382 e. The van der Waals surface area contributed by atoms with Crippen LogP contribution in [0.4, 0.5) is 0 Å². The normalized spacial score (nSPS) is 11.5. The molecule has 26 heavy (non-hydrogen) atoms. The van der Waals surface area contributed by atoms with Gasteiger partial charge in [0.05, 0.1) is 19.8 Å². The predicted octanol–water partition coefficient (Wildman–Crippen LogP) is 1.38. The van der Waals surface area contributed by atoms with Crippen LogP contribution in [-0.2, 0) is 16.0 Å². The minimum absolute atomic E-state index is 0.573. The summed E-state index contributed by atoms with van der Waals surface area (Å²) in [6.07, 6.45) is 8.04. The minimum atomic E-state index is 0.573. The highest BCUT2D eigenvalue weighted by Gasteiger charge is 2.01. The van der Waals surface area contributed by atoms with Gasteiger partial charge in [0.15, 0.2) is 5.96 Å². The Hall–Kier alpha value is -2.45. The Bertz CT molecular complexity index is 645. The van der Waals surface area contributed by atoms with Crippen molar-refractivity contribution < 1.29 is 9.47 Å². The number of nitrogens with zero attached hydrogens (tertiary/aromatic N) is 4.